The fourth-order valence-corrected chi connectivity index (χ4v) is 1.54. The minimum Gasteiger partial charge on any atom is -0.497 e. The number of urea groups is 1. The number of aliphatic carboxylic acids is 1. The summed E-state index contributed by atoms with van der Waals surface area (Å²) < 4.78 is 14.9. The molecule has 2 amide bonds. The molecule has 0 radical (unpaired) electrons. The molecule has 0 aliphatic rings. The van der Waals surface area contributed by atoms with Crippen molar-refractivity contribution >= 4 is 17.7 Å². The molecule has 1 atom stereocenters. The summed E-state index contributed by atoms with van der Waals surface area (Å²) in [6.07, 6.45) is -1.11. The van der Waals surface area contributed by atoms with Crippen LogP contribution in [0, 0.1) is 0 Å². The molecule has 1 aromatic carbocycles. The quantitative estimate of drug-likeness (QED) is 0.691. The molecule has 0 saturated heterocycles. The Morgan fingerprint density at radius 2 is 1.95 bits per heavy atom. The van der Waals surface area contributed by atoms with Crippen molar-refractivity contribution < 1.29 is 28.9 Å². The van der Waals surface area contributed by atoms with Gasteiger partial charge in [0.15, 0.2) is 6.10 Å². The molecule has 0 bridgehead atoms. The van der Waals surface area contributed by atoms with Gasteiger partial charge in [0, 0.05) is 13.2 Å². The van der Waals surface area contributed by atoms with E-state index >= 15 is 0 Å². The Balaban J connectivity index is 2.67. The van der Waals surface area contributed by atoms with Gasteiger partial charge in [-0.15, -0.1) is 0 Å². The highest BCUT2D eigenvalue weighted by Crippen LogP contribution is 2.28. The lowest BCUT2D eigenvalue weighted by Crippen LogP contribution is -2.39. The number of nitrogens with one attached hydrogen (secondary N) is 2. The van der Waals surface area contributed by atoms with Crippen LogP contribution in [-0.2, 0) is 9.53 Å². The van der Waals surface area contributed by atoms with Gasteiger partial charge in [-0.1, -0.05) is 0 Å². The van der Waals surface area contributed by atoms with E-state index in [2.05, 4.69) is 10.6 Å². The Morgan fingerprint density at radius 1 is 1.24 bits per heavy atom. The van der Waals surface area contributed by atoms with Crippen LogP contribution in [0.5, 0.6) is 11.5 Å². The Kier molecular flexibility index (Phi) is 6.28. The molecular formula is C13H18N2O6. The van der Waals surface area contributed by atoms with Crippen LogP contribution in [0.4, 0.5) is 10.5 Å². The van der Waals surface area contributed by atoms with Crippen LogP contribution in [0.15, 0.2) is 18.2 Å². The third-order valence-electron chi connectivity index (χ3n) is 2.66. The normalized spacial score (nSPS) is 11.4. The maximum absolute atomic E-state index is 11.8. The number of anilines is 1. The van der Waals surface area contributed by atoms with Crippen molar-refractivity contribution in [2.24, 2.45) is 0 Å². The zero-order chi connectivity index (χ0) is 15.8. The van der Waals surface area contributed by atoms with E-state index in [0.29, 0.717) is 17.2 Å². The number of carboxylic acids is 1. The van der Waals surface area contributed by atoms with Gasteiger partial charge in [0.1, 0.15) is 11.5 Å². The minimum atomic E-state index is -1.16. The van der Waals surface area contributed by atoms with Crippen molar-refractivity contribution in [2.45, 2.75) is 6.10 Å². The van der Waals surface area contributed by atoms with Crippen LogP contribution in [0.1, 0.15) is 0 Å². The first kappa shape index (κ1) is 16.6. The molecule has 8 heteroatoms. The van der Waals surface area contributed by atoms with Gasteiger partial charge in [-0.2, -0.15) is 0 Å². The number of rotatable bonds is 7. The highest BCUT2D eigenvalue weighted by molar-refractivity contribution is 5.91. The lowest BCUT2D eigenvalue weighted by atomic mass is 10.2. The highest BCUT2D eigenvalue weighted by atomic mass is 16.5. The number of ether oxygens (including phenoxy) is 3. The van der Waals surface area contributed by atoms with Crippen molar-refractivity contribution in [2.75, 3.05) is 33.2 Å². The van der Waals surface area contributed by atoms with E-state index in [4.69, 9.17) is 19.3 Å². The summed E-state index contributed by atoms with van der Waals surface area (Å²) in [7, 11) is 4.22. The average Bonchev–Trinajstić information content (AvgIpc) is 2.47. The molecular weight excluding hydrogens is 280 g/mol. The number of hydrogen-bond donors (Lipinski definition) is 3. The van der Waals surface area contributed by atoms with Gasteiger partial charge in [0.25, 0.3) is 0 Å². The first-order valence-corrected chi connectivity index (χ1v) is 6.04. The number of amides is 2. The standard InChI is InChI=1S/C13H18N2O6/c1-19-8-4-5-10(20-2)9(6-8)15-13(18)14-7-11(21-3)12(16)17/h4-6,11H,7H2,1-3H3,(H,16,17)(H2,14,15,18). The Bertz CT molecular complexity index is 505. The van der Waals surface area contributed by atoms with E-state index < -0.39 is 18.1 Å². The second-order valence-electron chi connectivity index (χ2n) is 3.96. The molecule has 0 heterocycles. The third-order valence-corrected chi connectivity index (χ3v) is 2.66. The smallest absolute Gasteiger partial charge is 0.334 e. The Hall–Kier alpha value is -2.48. The molecule has 0 aromatic heterocycles. The molecule has 3 N–H and O–H groups in total. The summed E-state index contributed by atoms with van der Waals surface area (Å²) in [6, 6.07) is 4.34. The van der Waals surface area contributed by atoms with E-state index in [1.807, 2.05) is 0 Å². The van der Waals surface area contributed by atoms with E-state index in [1.54, 1.807) is 18.2 Å². The summed E-state index contributed by atoms with van der Waals surface area (Å²) in [4.78, 5) is 22.5. The van der Waals surface area contributed by atoms with Crippen molar-refractivity contribution in [3.63, 3.8) is 0 Å². The highest BCUT2D eigenvalue weighted by Gasteiger charge is 2.17. The van der Waals surface area contributed by atoms with Gasteiger partial charge >= 0.3 is 12.0 Å². The molecule has 0 aliphatic carbocycles. The number of benzene rings is 1. The summed E-state index contributed by atoms with van der Waals surface area (Å²) in [6.45, 7) is -0.163. The second-order valence-corrected chi connectivity index (χ2v) is 3.96. The van der Waals surface area contributed by atoms with Gasteiger partial charge in [-0.25, -0.2) is 9.59 Å². The minimum absolute atomic E-state index is 0.163. The third kappa shape index (κ3) is 4.84. The van der Waals surface area contributed by atoms with Crippen LogP contribution in [0.25, 0.3) is 0 Å². The van der Waals surface area contributed by atoms with Crippen molar-refractivity contribution in [1.82, 2.24) is 5.32 Å². The van der Waals surface area contributed by atoms with Gasteiger partial charge in [-0.05, 0) is 12.1 Å². The molecule has 1 unspecified atom stereocenters. The summed E-state index contributed by atoms with van der Waals surface area (Å²) in [5.74, 6) is -0.157. The van der Waals surface area contributed by atoms with E-state index in [1.165, 1.54) is 21.3 Å². The van der Waals surface area contributed by atoms with Crippen LogP contribution in [0.2, 0.25) is 0 Å². The SMILES string of the molecule is COc1ccc(OC)c(NC(=O)NCC(OC)C(=O)O)c1. The van der Waals surface area contributed by atoms with Crippen molar-refractivity contribution in [3.05, 3.63) is 18.2 Å². The summed E-state index contributed by atoms with van der Waals surface area (Å²) >= 11 is 0. The Morgan fingerprint density at radius 3 is 2.48 bits per heavy atom. The molecule has 0 spiro atoms. The molecule has 0 saturated carbocycles. The molecule has 0 aliphatic heterocycles. The maximum atomic E-state index is 11.8. The van der Waals surface area contributed by atoms with Crippen LogP contribution < -0.4 is 20.1 Å². The van der Waals surface area contributed by atoms with Crippen molar-refractivity contribution in [1.29, 1.82) is 0 Å². The molecule has 1 aromatic rings. The fraction of sp³-hybridized carbons (Fsp3) is 0.385. The van der Waals surface area contributed by atoms with Gasteiger partial charge in [0.05, 0.1) is 26.5 Å². The molecule has 116 valence electrons. The van der Waals surface area contributed by atoms with E-state index in [0.717, 1.165) is 0 Å². The molecule has 21 heavy (non-hydrogen) atoms. The maximum Gasteiger partial charge on any atom is 0.334 e. The van der Waals surface area contributed by atoms with E-state index in [-0.39, 0.29) is 6.54 Å². The van der Waals surface area contributed by atoms with Crippen molar-refractivity contribution in [3.8, 4) is 11.5 Å². The van der Waals surface area contributed by atoms with Crippen LogP contribution >= 0.6 is 0 Å². The molecule has 8 nitrogen and oxygen atoms in total. The predicted octanol–water partition coefficient (Wildman–Crippen LogP) is 0.925. The Labute approximate surface area is 122 Å². The lowest BCUT2D eigenvalue weighted by molar-refractivity contribution is -0.147. The van der Waals surface area contributed by atoms with Gasteiger partial charge in [0.2, 0.25) is 0 Å². The van der Waals surface area contributed by atoms with Gasteiger partial charge < -0.3 is 30.0 Å². The van der Waals surface area contributed by atoms with Crippen LogP contribution in [-0.4, -0.2) is 51.1 Å². The molecule has 0 fully saturated rings. The first-order chi connectivity index (χ1) is 10.0. The predicted molar refractivity (Wildman–Crippen MR) is 75.0 cm³/mol. The van der Waals surface area contributed by atoms with Crippen LogP contribution in [0.3, 0.4) is 0 Å². The lowest BCUT2D eigenvalue weighted by Gasteiger charge is -2.14. The zero-order valence-corrected chi connectivity index (χ0v) is 12.0. The molecule has 1 rings (SSSR count). The van der Waals surface area contributed by atoms with Gasteiger partial charge in [-0.3, -0.25) is 0 Å². The second kappa shape index (κ2) is 7.95. The average molecular weight is 298 g/mol. The summed E-state index contributed by atoms with van der Waals surface area (Å²) in [5, 5.41) is 13.7. The fourth-order valence-electron chi connectivity index (χ4n) is 1.54. The zero-order valence-electron chi connectivity index (χ0n) is 12.0. The monoisotopic (exact) mass is 298 g/mol. The largest absolute Gasteiger partial charge is 0.497 e. The van der Waals surface area contributed by atoms with E-state index in [9.17, 15) is 9.59 Å². The first-order valence-electron chi connectivity index (χ1n) is 6.04. The number of carbonyl (C=O) groups excluding carboxylic acids is 1. The number of carbonyl (C=O) groups is 2. The summed E-state index contributed by atoms with van der Waals surface area (Å²) in [5.41, 5.74) is 0.402. The number of carboxylic acid groups (broad SMARTS) is 1. The number of methoxy groups -OCH3 is 3. The number of hydrogen-bond acceptors (Lipinski definition) is 5. The topological polar surface area (TPSA) is 106 Å².